The Morgan fingerprint density at radius 1 is 1.00 bits per heavy atom. The smallest absolute Gasteiger partial charge is 0.399 e. The third-order valence-corrected chi connectivity index (χ3v) is 3.68. The maximum Gasteiger partial charge on any atom is 0.415 e. The number of hydrogen-bond acceptors (Lipinski definition) is 2. The topological polar surface area (TPSA) is 43.1 Å². The van der Waals surface area contributed by atoms with E-state index in [1.807, 2.05) is 0 Å². The molecule has 0 aliphatic heterocycles. The lowest BCUT2D eigenvalue weighted by atomic mass is 10.3. The van der Waals surface area contributed by atoms with E-state index < -0.39 is 7.80 Å². The quantitative estimate of drug-likeness (QED) is 0.639. The van der Waals surface area contributed by atoms with Crippen LogP contribution in [-0.2, 0) is 4.57 Å². The summed E-state index contributed by atoms with van der Waals surface area (Å²) in [5.74, 6) is -0.334. The van der Waals surface area contributed by atoms with E-state index in [0.717, 1.165) is 0 Å². The first kappa shape index (κ1) is 10.8. The van der Waals surface area contributed by atoms with E-state index in [4.69, 9.17) is 5.73 Å². The number of hydrogen-bond donors (Lipinski definition) is 1. The molecule has 2 rings (SSSR count). The van der Waals surface area contributed by atoms with Crippen molar-refractivity contribution < 1.29 is 8.96 Å². The summed E-state index contributed by atoms with van der Waals surface area (Å²) >= 11 is 0. The average Bonchev–Trinajstić information content (AvgIpc) is 2.29. The van der Waals surface area contributed by atoms with Gasteiger partial charge in [-0.1, -0.05) is 10.6 Å². The van der Waals surface area contributed by atoms with Crippen LogP contribution in [0.3, 0.4) is 0 Å². The second kappa shape index (κ2) is 4.42. The maximum atomic E-state index is 12.7. The molecule has 0 spiro atoms. The van der Waals surface area contributed by atoms with Gasteiger partial charge in [-0.2, -0.15) is 0 Å². The zero-order chi connectivity index (χ0) is 11.5. The molecule has 80 valence electrons. The predicted molar refractivity (Wildman–Crippen MR) is 64.1 cm³/mol. The van der Waals surface area contributed by atoms with Gasteiger partial charge in [0.25, 0.3) is 0 Å². The van der Waals surface area contributed by atoms with E-state index in [-0.39, 0.29) is 5.82 Å². The largest absolute Gasteiger partial charge is 0.415 e. The first-order valence-corrected chi connectivity index (χ1v) is 6.01. The molecule has 0 heterocycles. The van der Waals surface area contributed by atoms with Crippen LogP contribution in [0.4, 0.5) is 10.1 Å². The van der Waals surface area contributed by atoms with E-state index in [1.54, 1.807) is 24.3 Å². The molecular formula is C12H10FNOP+. The number of anilines is 1. The molecule has 0 bridgehead atoms. The standard InChI is InChI=1S/C12H10FNOP/c13-9-4-6-11(7-5-9)16(15)12-3-1-2-10(14)8-12/h1-8H,14H2/q+1. The monoisotopic (exact) mass is 234 g/mol. The minimum atomic E-state index is -1.70. The zero-order valence-electron chi connectivity index (χ0n) is 8.43. The highest BCUT2D eigenvalue weighted by atomic mass is 31.1. The predicted octanol–water partition coefficient (Wildman–Crippen LogP) is 2.19. The lowest BCUT2D eigenvalue weighted by Gasteiger charge is -1.92. The Bertz CT molecular complexity index is 525. The van der Waals surface area contributed by atoms with Crippen LogP contribution in [0, 0.1) is 5.82 Å². The number of rotatable bonds is 2. The van der Waals surface area contributed by atoms with Crippen molar-refractivity contribution in [3.63, 3.8) is 0 Å². The highest BCUT2D eigenvalue weighted by Crippen LogP contribution is 2.20. The molecule has 0 radical (unpaired) electrons. The Morgan fingerprint density at radius 2 is 1.69 bits per heavy atom. The molecule has 0 fully saturated rings. The van der Waals surface area contributed by atoms with Gasteiger partial charge < -0.3 is 5.73 Å². The van der Waals surface area contributed by atoms with Gasteiger partial charge in [0.05, 0.1) is 0 Å². The van der Waals surface area contributed by atoms with E-state index in [0.29, 0.717) is 16.3 Å². The van der Waals surface area contributed by atoms with Crippen LogP contribution < -0.4 is 16.3 Å². The number of benzene rings is 2. The van der Waals surface area contributed by atoms with E-state index in [1.165, 1.54) is 24.3 Å². The number of nitrogen functional groups attached to an aromatic ring is 1. The molecular weight excluding hydrogens is 224 g/mol. The van der Waals surface area contributed by atoms with Gasteiger partial charge in [0.1, 0.15) is 5.82 Å². The Labute approximate surface area is 93.7 Å². The molecule has 0 aliphatic carbocycles. The van der Waals surface area contributed by atoms with Crippen LogP contribution in [0.15, 0.2) is 48.5 Å². The molecule has 0 saturated heterocycles. The van der Waals surface area contributed by atoms with E-state index >= 15 is 0 Å². The second-order valence-electron chi connectivity index (χ2n) is 3.37. The van der Waals surface area contributed by atoms with Crippen molar-refractivity contribution in [1.29, 1.82) is 0 Å². The first-order chi connectivity index (χ1) is 7.66. The fraction of sp³-hybridized carbons (Fsp3) is 0. The van der Waals surface area contributed by atoms with Gasteiger partial charge in [0.15, 0.2) is 10.6 Å². The molecule has 2 N–H and O–H groups in total. The fourth-order valence-corrected chi connectivity index (χ4v) is 2.58. The van der Waals surface area contributed by atoms with Crippen LogP contribution in [0.2, 0.25) is 0 Å². The molecule has 4 heteroatoms. The molecule has 0 aromatic heterocycles. The summed E-state index contributed by atoms with van der Waals surface area (Å²) in [5.41, 5.74) is 6.18. The van der Waals surface area contributed by atoms with Crippen LogP contribution in [-0.4, -0.2) is 0 Å². The van der Waals surface area contributed by atoms with Crippen molar-refractivity contribution >= 4 is 24.1 Å². The van der Waals surface area contributed by atoms with E-state index in [9.17, 15) is 8.96 Å². The summed E-state index contributed by atoms with van der Waals surface area (Å²) in [6.07, 6.45) is 0. The van der Waals surface area contributed by atoms with Crippen molar-refractivity contribution in [1.82, 2.24) is 0 Å². The van der Waals surface area contributed by atoms with Crippen molar-refractivity contribution in [3.8, 4) is 0 Å². The van der Waals surface area contributed by atoms with Crippen LogP contribution in [0.1, 0.15) is 0 Å². The van der Waals surface area contributed by atoms with Gasteiger partial charge in [-0.05, 0) is 36.4 Å². The van der Waals surface area contributed by atoms with Crippen LogP contribution in [0.25, 0.3) is 0 Å². The van der Waals surface area contributed by atoms with Crippen molar-refractivity contribution in [3.05, 3.63) is 54.3 Å². The highest BCUT2D eigenvalue weighted by molar-refractivity contribution is 7.61. The molecule has 2 nitrogen and oxygen atoms in total. The molecule has 0 aliphatic rings. The Kier molecular flexibility index (Phi) is 2.97. The first-order valence-electron chi connectivity index (χ1n) is 4.75. The second-order valence-corrected chi connectivity index (χ2v) is 4.99. The van der Waals surface area contributed by atoms with Gasteiger partial charge in [-0.15, -0.1) is 0 Å². The number of nitrogens with two attached hydrogens (primary N) is 1. The summed E-state index contributed by atoms with van der Waals surface area (Å²) in [6, 6.07) is 12.6. The van der Waals surface area contributed by atoms with Gasteiger partial charge in [-0.25, -0.2) is 4.39 Å². The van der Waals surface area contributed by atoms with Gasteiger partial charge >= 0.3 is 7.80 Å². The van der Waals surface area contributed by atoms with Crippen molar-refractivity contribution in [2.75, 3.05) is 5.73 Å². The minimum absolute atomic E-state index is 0.334. The lowest BCUT2D eigenvalue weighted by molar-refractivity contribution is 0.598. The van der Waals surface area contributed by atoms with Crippen molar-refractivity contribution in [2.24, 2.45) is 0 Å². The SMILES string of the molecule is Nc1cccc([P+](=O)c2ccc(F)cc2)c1. The highest BCUT2D eigenvalue weighted by Gasteiger charge is 2.23. The average molecular weight is 234 g/mol. The lowest BCUT2D eigenvalue weighted by Crippen LogP contribution is -2.07. The molecule has 0 saturated carbocycles. The third kappa shape index (κ3) is 2.26. The molecule has 2 aromatic carbocycles. The molecule has 0 amide bonds. The van der Waals surface area contributed by atoms with E-state index in [2.05, 4.69) is 0 Å². The third-order valence-electron chi connectivity index (χ3n) is 2.17. The summed E-state index contributed by atoms with van der Waals surface area (Å²) in [6.45, 7) is 0. The Hall–Kier alpha value is -1.73. The molecule has 2 aromatic rings. The van der Waals surface area contributed by atoms with Crippen molar-refractivity contribution in [2.45, 2.75) is 0 Å². The summed E-state index contributed by atoms with van der Waals surface area (Å²) in [4.78, 5) is 0. The Balaban J connectivity index is 2.35. The van der Waals surface area contributed by atoms with Crippen LogP contribution in [0.5, 0.6) is 0 Å². The van der Waals surface area contributed by atoms with Gasteiger partial charge in [0, 0.05) is 11.8 Å². The minimum Gasteiger partial charge on any atom is -0.399 e. The zero-order valence-corrected chi connectivity index (χ0v) is 9.32. The maximum absolute atomic E-state index is 12.7. The fourth-order valence-electron chi connectivity index (χ4n) is 1.38. The number of halogens is 1. The van der Waals surface area contributed by atoms with Gasteiger partial charge in [0.2, 0.25) is 0 Å². The Morgan fingerprint density at radius 3 is 2.31 bits per heavy atom. The molecule has 1 unspecified atom stereocenters. The van der Waals surface area contributed by atoms with Crippen LogP contribution >= 0.6 is 7.80 Å². The van der Waals surface area contributed by atoms with Gasteiger partial charge in [-0.3, -0.25) is 0 Å². The summed E-state index contributed by atoms with van der Waals surface area (Å²) in [7, 11) is -1.70. The molecule has 1 atom stereocenters. The molecule has 16 heavy (non-hydrogen) atoms. The summed E-state index contributed by atoms with van der Waals surface area (Å²) < 4.78 is 24.8. The normalized spacial score (nSPS) is 11.2. The summed E-state index contributed by atoms with van der Waals surface area (Å²) in [5, 5.41) is 1.25.